The largest absolute Gasteiger partial charge is 0.295 e. The Morgan fingerprint density at radius 2 is 1.93 bits per heavy atom. The van der Waals surface area contributed by atoms with Crippen molar-refractivity contribution in [2.75, 3.05) is 12.4 Å². The molecule has 0 N–H and O–H groups in total. The molecular weight excluding hydrogens is 270 g/mol. The van der Waals surface area contributed by atoms with E-state index in [9.17, 15) is 0 Å². The Balaban J connectivity index is 2.61. The molecule has 86 valence electrons. The highest BCUT2D eigenvalue weighted by Crippen LogP contribution is 2.22. The van der Waals surface area contributed by atoms with Crippen LogP contribution in [0.4, 0.5) is 0 Å². The van der Waals surface area contributed by atoms with E-state index in [4.69, 9.17) is 0 Å². The molecule has 0 aliphatic rings. The summed E-state index contributed by atoms with van der Waals surface area (Å²) >= 11 is 5.50. The molecule has 0 radical (unpaired) electrons. The molecule has 3 heteroatoms. The van der Waals surface area contributed by atoms with Gasteiger partial charge in [0.05, 0.1) is 0 Å². The second-order valence-corrected chi connectivity index (χ2v) is 6.34. The van der Waals surface area contributed by atoms with Crippen molar-refractivity contribution >= 4 is 27.3 Å². The first-order chi connectivity index (χ1) is 6.99. The van der Waals surface area contributed by atoms with Crippen molar-refractivity contribution < 1.29 is 0 Å². The number of thiophene rings is 1. The Morgan fingerprint density at radius 1 is 1.33 bits per heavy atom. The third kappa shape index (κ3) is 3.58. The zero-order chi connectivity index (χ0) is 11.5. The highest BCUT2D eigenvalue weighted by molar-refractivity contribution is 9.09. The lowest BCUT2D eigenvalue weighted by molar-refractivity contribution is 0.175. The van der Waals surface area contributed by atoms with E-state index in [2.05, 4.69) is 60.8 Å². The third-order valence-electron chi connectivity index (χ3n) is 2.82. The molecule has 0 saturated heterocycles. The molecule has 1 heterocycles. The molecule has 0 aliphatic carbocycles. The van der Waals surface area contributed by atoms with E-state index in [0.29, 0.717) is 0 Å². The van der Waals surface area contributed by atoms with E-state index in [1.165, 1.54) is 9.75 Å². The molecule has 0 aliphatic heterocycles. The zero-order valence-corrected chi connectivity index (χ0v) is 12.4. The molecule has 0 aromatic carbocycles. The first-order valence-corrected chi connectivity index (χ1v) is 7.28. The molecular formula is C12H20BrNS. The number of alkyl halides is 1. The summed E-state index contributed by atoms with van der Waals surface area (Å²) in [6, 6.07) is 4.50. The van der Waals surface area contributed by atoms with Crippen molar-refractivity contribution in [1.29, 1.82) is 0 Å². The molecule has 1 aromatic heterocycles. The zero-order valence-electron chi connectivity index (χ0n) is 10.0. The quantitative estimate of drug-likeness (QED) is 0.743. The van der Waals surface area contributed by atoms with Gasteiger partial charge in [0.15, 0.2) is 0 Å². The fraction of sp³-hybridized carbons (Fsp3) is 0.667. The first-order valence-electron chi connectivity index (χ1n) is 5.34. The van der Waals surface area contributed by atoms with Gasteiger partial charge in [0.25, 0.3) is 0 Å². The fourth-order valence-electron chi connectivity index (χ4n) is 1.25. The molecule has 1 nitrogen and oxygen atoms in total. The topological polar surface area (TPSA) is 3.24 Å². The minimum Gasteiger partial charge on any atom is -0.295 e. The summed E-state index contributed by atoms with van der Waals surface area (Å²) in [5.74, 6) is 0. The van der Waals surface area contributed by atoms with Gasteiger partial charge in [-0.05, 0) is 39.4 Å². The number of rotatable bonds is 5. The van der Waals surface area contributed by atoms with Crippen LogP contribution in [0.3, 0.4) is 0 Å². The van der Waals surface area contributed by atoms with Gasteiger partial charge in [-0.15, -0.1) is 11.3 Å². The van der Waals surface area contributed by atoms with Crippen LogP contribution in [0.25, 0.3) is 0 Å². The van der Waals surface area contributed by atoms with E-state index >= 15 is 0 Å². The molecule has 15 heavy (non-hydrogen) atoms. The fourth-order valence-corrected chi connectivity index (χ4v) is 2.69. The normalized spacial score (nSPS) is 12.4. The average Bonchev–Trinajstić information content (AvgIpc) is 2.65. The van der Waals surface area contributed by atoms with Crippen molar-refractivity contribution in [2.45, 2.75) is 39.3 Å². The summed E-state index contributed by atoms with van der Waals surface area (Å²) in [4.78, 5) is 5.34. The molecule has 1 aromatic rings. The van der Waals surface area contributed by atoms with Crippen LogP contribution in [0.15, 0.2) is 12.1 Å². The third-order valence-corrected chi connectivity index (χ3v) is 5.41. The standard InChI is InChI=1S/C12H20BrNS/c1-5-10-6-7-11(15-10)8-14(4)12(2,3)9-13/h6-7H,5,8-9H2,1-4H3. The number of halogens is 1. The monoisotopic (exact) mass is 289 g/mol. The van der Waals surface area contributed by atoms with E-state index in [-0.39, 0.29) is 5.54 Å². The molecule has 0 unspecified atom stereocenters. The number of aryl methyl sites for hydroxylation is 1. The van der Waals surface area contributed by atoms with E-state index in [1.807, 2.05) is 11.3 Å². The summed E-state index contributed by atoms with van der Waals surface area (Å²) < 4.78 is 0. The van der Waals surface area contributed by atoms with Crippen LogP contribution in [-0.2, 0) is 13.0 Å². The summed E-state index contributed by atoms with van der Waals surface area (Å²) in [5.41, 5.74) is 0.219. The smallest absolute Gasteiger partial charge is 0.0330 e. The van der Waals surface area contributed by atoms with Gasteiger partial charge in [-0.3, -0.25) is 4.90 Å². The number of hydrogen-bond acceptors (Lipinski definition) is 2. The minimum absolute atomic E-state index is 0.219. The Labute approximate surface area is 106 Å². The van der Waals surface area contributed by atoms with E-state index in [0.717, 1.165) is 18.3 Å². The summed E-state index contributed by atoms with van der Waals surface area (Å²) in [6.45, 7) is 7.77. The van der Waals surface area contributed by atoms with Gasteiger partial charge in [0.1, 0.15) is 0 Å². The lowest BCUT2D eigenvalue weighted by Crippen LogP contribution is -2.41. The maximum Gasteiger partial charge on any atom is 0.0330 e. The second kappa shape index (κ2) is 5.46. The van der Waals surface area contributed by atoms with E-state index < -0.39 is 0 Å². The summed E-state index contributed by atoms with van der Waals surface area (Å²) in [6.07, 6.45) is 1.15. The van der Waals surface area contributed by atoms with Gasteiger partial charge >= 0.3 is 0 Å². The lowest BCUT2D eigenvalue weighted by atomic mass is 10.1. The Bertz CT molecular complexity index is 306. The predicted octanol–water partition coefficient (Wildman–Crippen LogP) is 3.92. The highest BCUT2D eigenvalue weighted by atomic mass is 79.9. The van der Waals surface area contributed by atoms with Gasteiger partial charge in [-0.2, -0.15) is 0 Å². The molecule has 0 fully saturated rings. The van der Waals surface area contributed by atoms with Crippen LogP contribution >= 0.6 is 27.3 Å². The first kappa shape index (κ1) is 13.2. The van der Waals surface area contributed by atoms with Crippen molar-refractivity contribution in [3.63, 3.8) is 0 Å². The molecule has 0 spiro atoms. The Hall–Kier alpha value is 0.140. The van der Waals surface area contributed by atoms with Gasteiger partial charge in [-0.1, -0.05) is 22.9 Å². The SMILES string of the molecule is CCc1ccc(CN(C)C(C)(C)CBr)s1. The van der Waals surface area contributed by atoms with Crippen LogP contribution < -0.4 is 0 Å². The van der Waals surface area contributed by atoms with Crippen LogP contribution in [0.5, 0.6) is 0 Å². The molecule has 0 atom stereocenters. The summed E-state index contributed by atoms with van der Waals surface area (Å²) in [5, 5.41) is 1.00. The Morgan fingerprint density at radius 3 is 2.40 bits per heavy atom. The molecule has 0 saturated carbocycles. The van der Waals surface area contributed by atoms with Crippen LogP contribution in [0.1, 0.15) is 30.5 Å². The van der Waals surface area contributed by atoms with Crippen molar-refractivity contribution in [2.24, 2.45) is 0 Å². The van der Waals surface area contributed by atoms with Crippen LogP contribution in [-0.4, -0.2) is 22.8 Å². The Kier molecular flexibility index (Phi) is 4.81. The van der Waals surface area contributed by atoms with Crippen LogP contribution in [0, 0.1) is 0 Å². The highest BCUT2D eigenvalue weighted by Gasteiger charge is 2.22. The maximum absolute atomic E-state index is 3.57. The molecule has 1 rings (SSSR count). The minimum atomic E-state index is 0.219. The van der Waals surface area contributed by atoms with Crippen LogP contribution in [0.2, 0.25) is 0 Å². The van der Waals surface area contributed by atoms with E-state index in [1.54, 1.807) is 0 Å². The maximum atomic E-state index is 3.57. The van der Waals surface area contributed by atoms with Gasteiger partial charge in [0, 0.05) is 27.2 Å². The molecule has 0 amide bonds. The number of nitrogens with zero attached hydrogens (tertiary/aromatic N) is 1. The van der Waals surface area contributed by atoms with Crippen molar-refractivity contribution in [3.05, 3.63) is 21.9 Å². The van der Waals surface area contributed by atoms with Gasteiger partial charge in [-0.25, -0.2) is 0 Å². The number of hydrogen-bond donors (Lipinski definition) is 0. The summed E-state index contributed by atoms with van der Waals surface area (Å²) in [7, 11) is 2.19. The lowest BCUT2D eigenvalue weighted by Gasteiger charge is -2.33. The average molecular weight is 290 g/mol. The van der Waals surface area contributed by atoms with Crippen molar-refractivity contribution in [3.8, 4) is 0 Å². The van der Waals surface area contributed by atoms with Gasteiger partial charge < -0.3 is 0 Å². The predicted molar refractivity (Wildman–Crippen MR) is 73.0 cm³/mol. The molecule has 0 bridgehead atoms. The van der Waals surface area contributed by atoms with Gasteiger partial charge in [0.2, 0.25) is 0 Å². The van der Waals surface area contributed by atoms with Crippen molar-refractivity contribution in [1.82, 2.24) is 4.90 Å². The second-order valence-electron chi connectivity index (χ2n) is 4.52.